The Balaban J connectivity index is 2.45. The number of Topliss-reactive ketones (excluding diaryl/α,β-unsaturated/α-hetero) is 1. The standard InChI is InChI=1S/C16H11ClINO/c1-10-3-2-4-11(7-10)14(9-19)16(20)13-8-12(17)5-6-15(13)18/h2-8,14H,1H3. The zero-order valence-corrected chi connectivity index (χ0v) is 13.6. The summed E-state index contributed by atoms with van der Waals surface area (Å²) >= 11 is 8.02. The maximum atomic E-state index is 12.6. The molecule has 2 aromatic rings. The molecule has 0 amide bonds. The van der Waals surface area contributed by atoms with Crippen LogP contribution in [0.4, 0.5) is 0 Å². The summed E-state index contributed by atoms with van der Waals surface area (Å²) in [6, 6.07) is 14.7. The normalized spacial score (nSPS) is 11.7. The number of rotatable bonds is 3. The van der Waals surface area contributed by atoms with Gasteiger partial charge < -0.3 is 0 Å². The molecule has 0 aliphatic rings. The van der Waals surface area contributed by atoms with Crippen molar-refractivity contribution in [1.29, 1.82) is 5.26 Å². The number of nitrogens with zero attached hydrogens (tertiary/aromatic N) is 1. The van der Waals surface area contributed by atoms with Gasteiger partial charge in [0.25, 0.3) is 0 Å². The van der Waals surface area contributed by atoms with Crippen molar-refractivity contribution in [3.05, 3.63) is 67.7 Å². The lowest BCUT2D eigenvalue weighted by Crippen LogP contribution is -2.13. The first kappa shape index (κ1) is 15.0. The SMILES string of the molecule is Cc1cccc(C(C#N)C(=O)c2cc(Cl)ccc2I)c1. The number of nitriles is 1. The lowest BCUT2D eigenvalue weighted by atomic mass is 9.91. The minimum atomic E-state index is -0.804. The maximum absolute atomic E-state index is 12.6. The fraction of sp³-hybridized carbons (Fsp3) is 0.125. The molecular weight excluding hydrogens is 385 g/mol. The van der Waals surface area contributed by atoms with Gasteiger partial charge in [-0.3, -0.25) is 4.79 Å². The maximum Gasteiger partial charge on any atom is 0.185 e. The Morgan fingerprint density at radius 2 is 2.05 bits per heavy atom. The number of hydrogen-bond donors (Lipinski definition) is 0. The van der Waals surface area contributed by atoms with Crippen molar-refractivity contribution in [2.45, 2.75) is 12.8 Å². The molecule has 0 N–H and O–H groups in total. The lowest BCUT2D eigenvalue weighted by Gasteiger charge is -2.11. The highest BCUT2D eigenvalue weighted by molar-refractivity contribution is 14.1. The monoisotopic (exact) mass is 395 g/mol. The van der Waals surface area contributed by atoms with Crippen LogP contribution in [-0.4, -0.2) is 5.78 Å². The molecule has 0 heterocycles. The Morgan fingerprint density at radius 3 is 2.70 bits per heavy atom. The van der Waals surface area contributed by atoms with Crippen LogP contribution in [0.15, 0.2) is 42.5 Å². The van der Waals surface area contributed by atoms with Gasteiger partial charge >= 0.3 is 0 Å². The number of ketones is 1. The van der Waals surface area contributed by atoms with Crippen molar-refractivity contribution in [3.63, 3.8) is 0 Å². The second kappa shape index (κ2) is 6.38. The molecule has 0 aliphatic heterocycles. The van der Waals surface area contributed by atoms with E-state index in [1.165, 1.54) is 0 Å². The minimum Gasteiger partial charge on any atom is -0.292 e. The molecule has 0 spiro atoms. The van der Waals surface area contributed by atoms with E-state index in [2.05, 4.69) is 28.7 Å². The molecule has 0 fully saturated rings. The molecule has 2 aromatic carbocycles. The zero-order chi connectivity index (χ0) is 14.7. The highest BCUT2D eigenvalue weighted by atomic mass is 127. The van der Waals surface area contributed by atoms with Crippen molar-refractivity contribution < 1.29 is 4.79 Å². The van der Waals surface area contributed by atoms with Crippen LogP contribution >= 0.6 is 34.2 Å². The number of hydrogen-bond acceptors (Lipinski definition) is 2. The van der Waals surface area contributed by atoms with Crippen LogP contribution in [0.2, 0.25) is 5.02 Å². The predicted octanol–water partition coefficient (Wildman–Crippen LogP) is 4.74. The van der Waals surface area contributed by atoms with Gasteiger partial charge in [-0.25, -0.2) is 0 Å². The van der Waals surface area contributed by atoms with Crippen LogP contribution < -0.4 is 0 Å². The Bertz CT molecular complexity index is 706. The van der Waals surface area contributed by atoms with E-state index in [0.717, 1.165) is 9.13 Å². The Kier molecular flexibility index (Phi) is 4.79. The molecular formula is C16H11ClINO. The highest BCUT2D eigenvalue weighted by Gasteiger charge is 2.23. The summed E-state index contributed by atoms with van der Waals surface area (Å²) < 4.78 is 0.796. The number of halogens is 2. The summed E-state index contributed by atoms with van der Waals surface area (Å²) in [5.41, 5.74) is 2.23. The van der Waals surface area contributed by atoms with Gasteiger partial charge in [-0.05, 0) is 53.3 Å². The average molecular weight is 396 g/mol. The predicted molar refractivity (Wildman–Crippen MR) is 88.0 cm³/mol. The van der Waals surface area contributed by atoms with Crippen molar-refractivity contribution in [2.24, 2.45) is 0 Å². The van der Waals surface area contributed by atoms with Gasteiger partial charge in [-0.2, -0.15) is 5.26 Å². The molecule has 4 heteroatoms. The quantitative estimate of drug-likeness (QED) is 0.556. The summed E-state index contributed by atoms with van der Waals surface area (Å²) in [5.74, 6) is -1.02. The average Bonchev–Trinajstić information content (AvgIpc) is 2.42. The molecule has 2 rings (SSSR count). The van der Waals surface area contributed by atoms with Gasteiger partial charge in [0.2, 0.25) is 0 Å². The molecule has 1 atom stereocenters. The van der Waals surface area contributed by atoms with E-state index in [4.69, 9.17) is 11.6 Å². The van der Waals surface area contributed by atoms with Gasteiger partial charge in [0.1, 0.15) is 5.92 Å². The fourth-order valence-electron chi connectivity index (χ4n) is 1.98. The fourth-order valence-corrected chi connectivity index (χ4v) is 2.75. The van der Waals surface area contributed by atoms with E-state index in [9.17, 15) is 10.1 Å². The van der Waals surface area contributed by atoms with Gasteiger partial charge in [-0.15, -0.1) is 0 Å². The van der Waals surface area contributed by atoms with Crippen molar-refractivity contribution in [3.8, 4) is 6.07 Å². The van der Waals surface area contributed by atoms with Crippen LogP contribution in [-0.2, 0) is 0 Å². The molecule has 20 heavy (non-hydrogen) atoms. The van der Waals surface area contributed by atoms with Gasteiger partial charge in [0.15, 0.2) is 5.78 Å². The highest BCUT2D eigenvalue weighted by Crippen LogP contribution is 2.26. The van der Waals surface area contributed by atoms with E-state index in [0.29, 0.717) is 16.1 Å². The molecule has 2 nitrogen and oxygen atoms in total. The van der Waals surface area contributed by atoms with E-state index in [1.54, 1.807) is 24.3 Å². The van der Waals surface area contributed by atoms with Crippen LogP contribution in [0.3, 0.4) is 0 Å². The molecule has 1 unspecified atom stereocenters. The third-order valence-electron chi connectivity index (χ3n) is 2.96. The molecule has 0 saturated carbocycles. The molecule has 0 bridgehead atoms. The summed E-state index contributed by atoms with van der Waals surface area (Å²) in [7, 11) is 0. The van der Waals surface area contributed by atoms with Crippen molar-refractivity contribution >= 4 is 40.0 Å². The molecule has 0 aromatic heterocycles. The zero-order valence-electron chi connectivity index (χ0n) is 10.7. The van der Waals surface area contributed by atoms with E-state index >= 15 is 0 Å². The Hall–Kier alpha value is -1.38. The van der Waals surface area contributed by atoms with E-state index in [-0.39, 0.29) is 5.78 Å². The second-order valence-corrected chi connectivity index (χ2v) is 6.06. The third-order valence-corrected chi connectivity index (χ3v) is 4.14. The minimum absolute atomic E-state index is 0.218. The molecule has 0 saturated heterocycles. The summed E-state index contributed by atoms with van der Waals surface area (Å²) in [4.78, 5) is 12.6. The Morgan fingerprint density at radius 1 is 1.30 bits per heavy atom. The largest absolute Gasteiger partial charge is 0.292 e. The molecule has 0 radical (unpaired) electrons. The van der Waals surface area contributed by atoms with Crippen molar-refractivity contribution in [2.75, 3.05) is 0 Å². The summed E-state index contributed by atoms with van der Waals surface area (Å²) in [6.07, 6.45) is 0. The first-order chi connectivity index (χ1) is 9.52. The number of aryl methyl sites for hydroxylation is 1. The van der Waals surface area contributed by atoms with E-state index in [1.807, 2.05) is 25.1 Å². The number of carbonyl (C=O) groups excluding carboxylic acids is 1. The summed E-state index contributed by atoms with van der Waals surface area (Å²) in [5, 5.41) is 9.85. The second-order valence-electron chi connectivity index (χ2n) is 4.46. The van der Waals surface area contributed by atoms with Crippen LogP contribution in [0, 0.1) is 21.8 Å². The van der Waals surface area contributed by atoms with E-state index < -0.39 is 5.92 Å². The molecule has 100 valence electrons. The Labute approximate surface area is 136 Å². The topological polar surface area (TPSA) is 40.9 Å². The lowest BCUT2D eigenvalue weighted by molar-refractivity contribution is 0.0978. The third kappa shape index (κ3) is 3.20. The first-order valence-corrected chi connectivity index (χ1v) is 7.44. The van der Waals surface area contributed by atoms with Crippen LogP contribution in [0.1, 0.15) is 27.4 Å². The summed E-state index contributed by atoms with van der Waals surface area (Å²) in [6.45, 7) is 1.94. The number of carbonyl (C=O) groups is 1. The van der Waals surface area contributed by atoms with Gasteiger partial charge in [0, 0.05) is 14.2 Å². The van der Waals surface area contributed by atoms with Gasteiger partial charge in [-0.1, -0.05) is 41.4 Å². The van der Waals surface area contributed by atoms with Crippen LogP contribution in [0.25, 0.3) is 0 Å². The number of benzene rings is 2. The smallest absolute Gasteiger partial charge is 0.185 e. The van der Waals surface area contributed by atoms with Gasteiger partial charge in [0.05, 0.1) is 6.07 Å². The van der Waals surface area contributed by atoms with Crippen LogP contribution in [0.5, 0.6) is 0 Å². The first-order valence-electron chi connectivity index (χ1n) is 5.98. The molecule has 0 aliphatic carbocycles. The van der Waals surface area contributed by atoms with Crippen molar-refractivity contribution in [1.82, 2.24) is 0 Å².